The topological polar surface area (TPSA) is 82.5 Å². The number of alkyl halides is 3. The molecule has 2 saturated carbocycles. The van der Waals surface area contributed by atoms with Crippen molar-refractivity contribution in [2.45, 2.75) is 76.0 Å². The molecule has 0 bridgehead atoms. The molecule has 2 aromatic rings. The number of rotatable bonds is 7. The molecular formula is C29H33F4N3O3. The molecule has 2 aliphatic carbocycles. The van der Waals surface area contributed by atoms with Gasteiger partial charge in [0.05, 0.1) is 11.0 Å². The van der Waals surface area contributed by atoms with Crippen molar-refractivity contribution in [1.29, 1.82) is 0 Å². The summed E-state index contributed by atoms with van der Waals surface area (Å²) in [6.45, 7) is 1.68. The molecule has 1 saturated heterocycles. The van der Waals surface area contributed by atoms with Gasteiger partial charge in [0, 0.05) is 18.8 Å². The van der Waals surface area contributed by atoms with Crippen LogP contribution in [0.4, 0.5) is 17.6 Å². The molecule has 6 nitrogen and oxygen atoms in total. The number of nitrogens with zero attached hydrogens (tertiary/aromatic N) is 2. The molecule has 0 radical (unpaired) electrons. The first-order valence-electron chi connectivity index (χ1n) is 13.6. The summed E-state index contributed by atoms with van der Waals surface area (Å²) in [5.41, 5.74) is -0.396. The standard InChI is InChI=1S/C29H33F4N3O3/c30-23-14-18(13-22(16-23)29(31,32)33)17-35-27(39)28(21-1-2-21)8-3-24(4-9-28)36-11-6-19(7-12-36)20-5-10-34-25(15-20)26(37)38/h5,10,13-16,19,21,24H,1-4,6-9,11-12,17H2,(H,35,39)(H,37,38). The van der Waals surface area contributed by atoms with Gasteiger partial charge in [-0.2, -0.15) is 13.2 Å². The molecule has 5 rings (SSSR count). The second-order valence-electron chi connectivity index (χ2n) is 11.3. The van der Waals surface area contributed by atoms with Gasteiger partial charge in [-0.3, -0.25) is 4.79 Å². The van der Waals surface area contributed by atoms with Gasteiger partial charge in [-0.25, -0.2) is 14.2 Å². The Morgan fingerprint density at radius 3 is 2.33 bits per heavy atom. The van der Waals surface area contributed by atoms with Crippen LogP contribution in [0.3, 0.4) is 0 Å². The highest BCUT2D eigenvalue weighted by atomic mass is 19.4. The predicted molar refractivity (Wildman–Crippen MR) is 135 cm³/mol. The van der Waals surface area contributed by atoms with Crippen molar-refractivity contribution >= 4 is 11.9 Å². The molecule has 3 fully saturated rings. The number of aromatic carboxylic acids is 1. The van der Waals surface area contributed by atoms with Crippen molar-refractivity contribution in [2.75, 3.05) is 13.1 Å². The van der Waals surface area contributed by atoms with Crippen LogP contribution in [-0.2, 0) is 17.5 Å². The number of hydrogen-bond acceptors (Lipinski definition) is 4. The van der Waals surface area contributed by atoms with Crippen molar-refractivity contribution in [3.63, 3.8) is 0 Å². The number of carboxylic acids is 1. The van der Waals surface area contributed by atoms with Gasteiger partial charge >= 0.3 is 12.1 Å². The van der Waals surface area contributed by atoms with Crippen LogP contribution >= 0.6 is 0 Å². The summed E-state index contributed by atoms with van der Waals surface area (Å²) in [6.07, 6.45) is 3.95. The number of aromatic nitrogens is 1. The van der Waals surface area contributed by atoms with Gasteiger partial charge in [-0.05, 0) is 118 Å². The maximum atomic E-state index is 13.8. The van der Waals surface area contributed by atoms with Crippen LogP contribution in [0.15, 0.2) is 36.5 Å². The number of nitrogens with one attached hydrogen (secondary N) is 1. The van der Waals surface area contributed by atoms with E-state index in [1.54, 1.807) is 12.3 Å². The van der Waals surface area contributed by atoms with Gasteiger partial charge in [0.25, 0.3) is 0 Å². The van der Waals surface area contributed by atoms with Crippen molar-refractivity contribution in [3.05, 3.63) is 64.7 Å². The minimum Gasteiger partial charge on any atom is -0.477 e. The van der Waals surface area contributed by atoms with E-state index in [1.807, 2.05) is 6.07 Å². The number of carbonyl (C=O) groups is 2. The normalized spacial score (nSPS) is 24.9. The summed E-state index contributed by atoms with van der Waals surface area (Å²) in [6, 6.07) is 6.32. The molecule has 39 heavy (non-hydrogen) atoms. The first-order valence-corrected chi connectivity index (χ1v) is 13.6. The molecule has 10 heteroatoms. The predicted octanol–water partition coefficient (Wildman–Crippen LogP) is 5.77. The summed E-state index contributed by atoms with van der Waals surface area (Å²) in [5.74, 6) is -1.55. The number of hydrogen-bond donors (Lipinski definition) is 2. The van der Waals surface area contributed by atoms with Crippen molar-refractivity contribution < 1.29 is 32.3 Å². The zero-order chi connectivity index (χ0) is 27.8. The lowest BCUT2D eigenvalue weighted by atomic mass is 9.68. The lowest BCUT2D eigenvalue weighted by Gasteiger charge is -2.45. The number of benzene rings is 1. The maximum absolute atomic E-state index is 13.8. The van der Waals surface area contributed by atoms with Crippen LogP contribution in [0.1, 0.15) is 84.5 Å². The Bertz CT molecular complexity index is 1210. The number of piperidine rings is 1. The van der Waals surface area contributed by atoms with Crippen LogP contribution in [-0.4, -0.2) is 46.0 Å². The number of pyridine rings is 1. The lowest BCUT2D eigenvalue weighted by molar-refractivity contribution is -0.137. The Hall–Kier alpha value is -3.01. The summed E-state index contributed by atoms with van der Waals surface area (Å²) in [7, 11) is 0. The fourth-order valence-corrected chi connectivity index (χ4v) is 6.63. The highest BCUT2D eigenvalue weighted by molar-refractivity contribution is 5.85. The third kappa shape index (κ3) is 6.10. The highest BCUT2D eigenvalue weighted by Gasteiger charge is 2.52. The van der Waals surface area contributed by atoms with Gasteiger partial charge in [0.1, 0.15) is 11.5 Å². The number of halogens is 4. The molecule has 210 valence electrons. The summed E-state index contributed by atoms with van der Waals surface area (Å²) < 4.78 is 53.0. The zero-order valence-corrected chi connectivity index (χ0v) is 21.6. The largest absolute Gasteiger partial charge is 0.477 e. The van der Waals surface area contributed by atoms with Gasteiger partial charge in [-0.15, -0.1) is 0 Å². The quantitative estimate of drug-likeness (QED) is 0.430. The SMILES string of the molecule is O=C(O)c1cc(C2CCN(C3CCC(C(=O)NCc4cc(F)cc(C(F)(F)F)c4)(C4CC4)CC3)CC2)ccn1. The molecular weight excluding hydrogens is 514 g/mol. The fraction of sp³-hybridized carbons (Fsp3) is 0.552. The smallest absolute Gasteiger partial charge is 0.416 e. The van der Waals surface area contributed by atoms with E-state index >= 15 is 0 Å². The second kappa shape index (κ2) is 10.9. The summed E-state index contributed by atoms with van der Waals surface area (Å²) in [4.78, 5) is 31.1. The molecule has 0 atom stereocenters. The fourth-order valence-electron chi connectivity index (χ4n) is 6.63. The third-order valence-corrected chi connectivity index (χ3v) is 8.92. The number of carbonyl (C=O) groups excluding carboxylic acids is 1. The molecule has 2 heterocycles. The zero-order valence-electron chi connectivity index (χ0n) is 21.6. The van der Waals surface area contributed by atoms with E-state index in [0.717, 1.165) is 82.2 Å². The van der Waals surface area contributed by atoms with Crippen molar-refractivity contribution in [1.82, 2.24) is 15.2 Å². The lowest BCUT2D eigenvalue weighted by Crippen LogP contribution is -2.49. The molecule has 1 amide bonds. The Labute approximate surface area is 224 Å². The van der Waals surface area contributed by atoms with E-state index in [0.29, 0.717) is 18.0 Å². The van der Waals surface area contributed by atoms with E-state index in [9.17, 15) is 32.3 Å². The molecule has 1 aromatic heterocycles. The van der Waals surface area contributed by atoms with Crippen molar-refractivity contribution in [3.8, 4) is 0 Å². The maximum Gasteiger partial charge on any atom is 0.416 e. The Morgan fingerprint density at radius 1 is 1.03 bits per heavy atom. The summed E-state index contributed by atoms with van der Waals surface area (Å²) in [5, 5.41) is 12.1. The molecule has 1 aliphatic heterocycles. The second-order valence-corrected chi connectivity index (χ2v) is 11.3. The van der Waals surface area contributed by atoms with Crippen LogP contribution in [0.5, 0.6) is 0 Å². The number of amides is 1. The van der Waals surface area contributed by atoms with Crippen LogP contribution < -0.4 is 5.32 Å². The average Bonchev–Trinajstić information content (AvgIpc) is 3.77. The van der Waals surface area contributed by atoms with E-state index < -0.39 is 28.9 Å². The number of likely N-dealkylation sites (tertiary alicyclic amines) is 1. The molecule has 2 N–H and O–H groups in total. The highest BCUT2D eigenvalue weighted by Crippen LogP contribution is 2.54. The molecule has 0 spiro atoms. The molecule has 1 aromatic carbocycles. The van der Waals surface area contributed by atoms with E-state index in [4.69, 9.17) is 0 Å². The van der Waals surface area contributed by atoms with Gasteiger partial charge in [0.2, 0.25) is 5.91 Å². The monoisotopic (exact) mass is 547 g/mol. The minimum absolute atomic E-state index is 0.0649. The average molecular weight is 548 g/mol. The Morgan fingerprint density at radius 2 is 1.72 bits per heavy atom. The Balaban J connectivity index is 1.17. The first-order chi connectivity index (χ1) is 18.5. The first kappa shape index (κ1) is 27.6. The molecule has 3 aliphatic rings. The Kier molecular flexibility index (Phi) is 7.68. The van der Waals surface area contributed by atoms with Gasteiger partial charge in [0.15, 0.2) is 0 Å². The van der Waals surface area contributed by atoms with E-state index in [1.165, 1.54) is 0 Å². The van der Waals surface area contributed by atoms with Crippen LogP contribution in [0, 0.1) is 17.2 Å². The van der Waals surface area contributed by atoms with E-state index in [-0.39, 0.29) is 29.6 Å². The van der Waals surface area contributed by atoms with Crippen molar-refractivity contribution in [2.24, 2.45) is 11.3 Å². The van der Waals surface area contributed by atoms with E-state index in [2.05, 4.69) is 15.2 Å². The third-order valence-electron chi connectivity index (χ3n) is 8.92. The van der Waals surface area contributed by atoms with Crippen LogP contribution in [0.25, 0.3) is 0 Å². The van der Waals surface area contributed by atoms with Gasteiger partial charge in [-0.1, -0.05) is 0 Å². The molecule has 0 unspecified atom stereocenters. The minimum atomic E-state index is -4.65. The number of carboxylic acid groups (broad SMARTS) is 1. The summed E-state index contributed by atoms with van der Waals surface area (Å²) >= 11 is 0. The van der Waals surface area contributed by atoms with Crippen LogP contribution in [0.2, 0.25) is 0 Å². The van der Waals surface area contributed by atoms with Gasteiger partial charge < -0.3 is 15.3 Å².